The first-order chi connectivity index (χ1) is 11.6. The van der Waals surface area contributed by atoms with E-state index in [9.17, 15) is 8.42 Å². The molecule has 2 heterocycles. The molecule has 0 saturated carbocycles. The number of nitrogens with zero attached hydrogens (tertiary/aromatic N) is 2. The molecule has 0 radical (unpaired) electrons. The molecule has 3 rings (SSSR count). The maximum atomic E-state index is 12.1. The second-order valence-electron chi connectivity index (χ2n) is 5.23. The number of nitrogens with one attached hydrogen (secondary N) is 1. The van der Waals surface area contributed by atoms with Gasteiger partial charge in [-0.25, -0.2) is 18.1 Å². The second-order valence-corrected chi connectivity index (χ2v) is 7.98. The van der Waals surface area contributed by atoms with Gasteiger partial charge in [0.05, 0.1) is 22.1 Å². The van der Waals surface area contributed by atoms with Crippen molar-refractivity contribution in [3.05, 3.63) is 70.7 Å². The molecule has 0 unspecified atom stereocenters. The van der Waals surface area contributed by atoms with E-state index in [-0.39, 0.29) is 5.75 Å². The topological polar surface area (TPSA) is 72.0 Å². The van der Waals surface area contributed by atoms with Crippen LogP contribution >= 0.6 is 11.3 Å². The fourth-order valence-electron chi connectivity index (χ4n) is 2.22. The van der Waals surface area contributed by atoms with Gasteiger partial charge in [0.2, 0.25) is 10.0 Å². The predicted octanol–water partition coefficient (Wildman–Crippen LogP) is 2.87. The fourth-order valence-corrected chi connectivity index (χ4v) is 4.15. The largest absolute Gasteiger partial charge is 0.255 e. The number of aromatic nitrogens is 2. The SMILES string of the molecule is O=S(=O)(Cc1ccccc1)NCCc1nc(-c2ccccn2)cs1. The Hall–Kier alpha value is -2.09. The van der Waals surface area contributed by atoms with Crippen LogP contribution in [0.1, 0.15) is 10.6 Å². The maximum absolute atomic E-state index is 12.1. The molecule has 0 fully saturated rings. The number of hydrogen-bond donors (Lipinski definition) is 1. The van der Waals surface area contributed by atoms with Gasteiger partial charge in [-0.05, 0) is 17.7 Å². The van der Waals surface area contributed by atoms with Gasteiger partial charge >= 0.3 is 0 Å². The molecule has 7 heteroatoms. The van der Waals surface area contributed by atoms with E-state index < -0.39 is 10.0 Å². The van der Waals surface area contributed by atoms with Crippen molar-refractivity contribution in [3.63, 3.8) is 0 Å². The highest BCUT2D eigenvalue weighted by Gasteiger charge is 2.11. The summed E-state index contributed by atoms with van der Waals surface area (Å²) in [7, 11) is -3.34. The predicted molar refractivity (Wildman–Crippen MR) is 96.1 cm³/mol. The lowest BCUT2D eigenvalue weighted by Crippen LogP contribution is -2.27. The van der Waals surface area contributed by atoms with E-state index >= 15 is 0 Å². The van der Waals surface area contributed by atoms with Crippen LogP contribution in [0.4, 0.5) is 0 Å². The minimum Gasteiger partial charge on any atom is -0.255 e. The Labute approximate surface area is 145 Å². The molecule has 3 aromatic rings. The summed E-state index contributed by atoms with van der Waals surface area (Å²) in [5.41, 5.74) is 2.42. The Kier molecular flexibility index (Phi) is 5.34. The van der Waals surface area contributed by atoms with Gasteiger partial charge in [-0.3, -0.25) is 4.98 Å². The molecule has 0 aliphatic rings. The molecule has 0 bridgehead atoms. The molecule has 1 aromatic carbocycles. The van der Waals surface area contributed by atoms with E-state index in [1.165, 1.54) is 11.3 Å². The number of hydrogen-bond acceptors (Lipinski definition) is 5. The van der Waals surface area contributed by atoms with Crippen molar-refractivity contribution in [2.24, 2.45) is 0 Å². The normalized spacial score (nSPS) is 11.5. The average Bonchev–Trinajstić information content (AvgIpc) is 3.05. The summed E-state index contributed by atoms with van der Waals surface area (Å²) in [6.07, 6.45) is 2.29. The van der Waals surface area contributed by atoms with Crippen molar-refractivity contribution < 1.29 is 8.42 Å². The number of benzene rings is 1. The summed E-state index contributed by atoms with van der Waals surface area (Å²) in [5.74, 6) is -0.00903. The molecule has 5 nitrogen and oxygen atoms in total. The summed E-state index contributed by atoms with van der Waals surface area (Å²) < 4.78 is 26.8. The van der Waals surface area contributed by atoms with E-state index in [0.29, 0.717) is 13.0 Å². The molecular formula is C17H17N3O2S2. The zero-order valence-electron chi connectivity index (χ0n) is 12.9. The van der Waals surface area contributed by atoms with Crippen LogP contribution in [-0.4, -0.2) is 24.9 Å². The Morgan fingerprint density at radius 3 is 2.54 bits per heavy atom. The minimum absolute atomic E-state index is 0.00903. The minimum atomic E-state index is -3.34. The van der Waals surface area contributed by atoms with Crippen LogP contribution in [0.15, 0.2) is 60.1 Å². The molecule has 0 aliphatic heterocycles. The van der Waals surface area contributed by atoms with Crippen molar-refractivity contribution in [1.82, 2.24) is 14.7 Å². The summed E-state index contributed by atoms with van der Waals surface area (Å²) in [5, 5.41) is 2.83. The standard InChI is InChI=1S/C17H17N3O2S2/c21-24(22,13-14-6-2-1-3-7-14)19-11-9-17-20-16(12-23-17)15-8-4-5-10-18-15/h1-8,10,12,19H,9,11,13H2. The Morgan fingerprint density at radius 1 is 1.00 bits per heavy atom. The highest BCUT2D eigenvalue weighted by atomic mass is 32.2. The lowest BCUT2D eigenvalue weighted by Gasteiger charge is -2.05. The summed E-state index contributed by atoms with van der Waals surface area (Å²) in [6, 6.07) is 14.8. The highest BCUT2D eigenvalue weighted by molar-refractivity contribution is 7.88. The number of pyridine rings is 1. The van der Waals surface area contributed by atoms with Crippen molar-refractivity contribution in [2.75, 3.05) is 6.54 Å². The van der Waals surface area contributed by atoms with Gasteiger partial charge < -0.3 is 0 Å². The van der Waals surface area contributed by atoms with Gasteiger partial charge in [0, 0.05) is 24.5 Å². The average molecular weight is 359 g/mol. The zero-order chi connectivity index (χ0) is 16.8. The fraction of sp³-hybridized carbons (Fsp3) is 0.176. The second kappa shape index (κ2) is 7.65. The molecule has 0 spiro atoms. The van der Waals surface area contributed by atoms with Gasteiger partial charge in [-0.15, -0.1) is 11.3 Å². The molecule has 0 saturated heterocycles. The molecule has 124 valence electrons. The molecule has 0 amide bonds. The quantitative estimate of drug-likeness (QED) is 0.704. The molecule has 24 heavy (non-hydrogen) atoms. The monoisotopic (exact) mass is 359 g/mol. The Morgan fingerprint density at radius 2 is 1.79 bits per heavy atom. The first-order valence-electron chi connectivity index (χ1n) is 7.49. The van der Waals surface area contributed by atoms with Crippen molar-refractivity contribution in [1.29, 1.82) is 0 Å². The molecular weight excluding hydrogens is 342 g/mol. The van der Waals surface area contributed by atoms with E-state index in [1.54, 1.807) is 18.3 Å². The van der Waals surface area contributed by atoms with Crippen LogP contribution in [0.3, 0.4) is 0 Å². The molecule has 0 atom stereocenters. The third-order valence-corrected chi connectivity index (χ3v) is 5.61. The molecule has 1 N–H and O–H groups in total. The summed E-state index contributed by atoms with van der Waals surface area (Å²) >= 11 is 1.51. The zero-order valence-corrected chi connectivity index (χ0v) is 14.6. The summed E-state index contributed by atoms with van der Waals surface area (Å²) in [4.78, 5) is 8.77. The van der Waals surface area contributed by atoms with Crippen molar-refractivity contribution in [2.45, 2.75) is 12.2 Å². The molecule has 0 aliphatic carbocycles. The van der Waals surface area contributed by atoms with Crippen LogP contribution in [-0.2, 0) is 22.2 Å². The van der Waals surface area contributed by atoms with Crippen LogP contribution in [0.5, 0.6) is 0 Å². The lowest BCUT2D eigenvalue weighted by molar-refractivity contribution is 0.580. The van der Waals surface area contributed by atoms with Crippen LogP contribution in [0.2, 0.25) is 0 Å². The number of sulfonamides is 1. The van der Waals surface area contributed by atoms with E-state index in [0.717, 1.165) is 22.0 Å². The highest BCUT2D eigenvalue weighted by Crippen LogP contribution is 2.19. The van der Waals surface area contributed by atoms with Crippen LogP contribution in [0.25, 0.3) is 11.4 Å². The van der Waals surface area contributed by atoms with Gasteiger partial charge in [-0.2, -0.15) is 0 Å². The first-order valence-corrected chi connectivity index (χ1v) is 10.0. The van der Waals surface area contributed by atoms with Crippen molar-refractivity contribution in [3.8, 4) is 11.4 Å². The van der Waals surface area contributed by atoms with E-state index in [1.807, 2.05) is 41.8 Å². The maximum Gasteiger partial charge on any atom is 0.215 e. The van der Waals surface area contributed by atoms with E-state index in [4.69, 9.17) is 0 Å². The van der Waals surface area contributed by atoms with Gasteiger partial charge in [0.25, 0.3) is 0 Å². The Bertz CT molecular complexity index is 878. The van der Waals surface area contributed by atoms with Crippen molar-refractivity contribution >= 4 is 21.4 Å². The molecule has 2 aromatic heterocycles. The number of thiazole rings is 1. The van der Waals surface area contributed by atoms with Gasteiger partial charge in [-0.1, -0.05) is 36.4 Å². The first kappa shape index (κ1) is 16.8. The smallest absolute Gasteiger partial charge is 0.215 e. The van der Waals surface area contributed by atoms with Gasteiger partial charge in [0.15, 0.2) is 0 Å². The van der Waals surface area contributed by atoms with Crippen LogP contribution < -0.4 is 4.72 Å². The third kappa shape index (κ3) is 4.70. The summed E-state index contributed by atoms with van der Waals surface area (Å²) in [6.45, 7) is 0.338. The van der Waals surface area contributed by atoms with Gasteiger partial charge in [0.1, 0.15) is 0 Å². The number of rotatable bonds is 7. The van der Waals surface area contributed by atoms with E-state index in [2.05, 4.69) is 14.7 Å². The Balaban J connectivity index is 1.54. The van der Waals surface area contributed by atoms with Crippen LogP contribution in [0, 0.1) is 0 Å². The third-order valence-electron chi connectivity index (χ3n) is 3.34. The lowest BCUT2D eigenvalue weighted by atomic mass is 10.2.